The highest BCUT2D eigenvalue weighted by atomic mass is 32.2. The molecule has 0 bridgehead atoms. The van der Waals surface area contributed by atoms with Gasteiger partial charge in [0.2, 0.25) is 5.91 Å². The highest BCUT2D eigenvalue weighted by Gasteiger charge is 2.00. The van der Waals surface area contributed by atoms with E-state index in [2.05, 4.69) is 11.4 Å². The minimum atomic E-state index is 0.0517. The van der Waals surface area contributed by atoms with Crippen LogP contribution in [0.1, 0.15) is 18.4 Å². The third-order valence-corrected chi connectivity index (χ3v) is 3.19. The molecule has 0 aromatic heterocycles. The van der Waals surface area contributed by atoms with Crippen LogP contribution in [0.3, 0.4) is 0 Å². The van der Waals surface area contributed by atoms with Crippen molar-refractivity contribution in [2.24, 2.45) is 0 Å². The third kappa shape index (κ3) is 6.64. The Kier molecular flexibility index (Phi) is 6.92. The molecule has 0 saturated carbocycles. The number of nitrogens with one attached hydrogen (secondary N) is 1. The van der Waals surface area contributed by atoms with E-state index in [0.29, 0.717) is 18.7 Å². The van der Waals surface area contributed by atoms with Crippen molar-refractivity contribution in [1.29, 1.82) is 5.26 Å². The summed E-state index contributed by atoms with van der Waals surface area (Å²) in [6.45, 7) is 0.582. The number of benzene rings is 1. The molecular weight excluding hydrogens is 232 g/mol. The number of carbonyl (C=O) groups excluding carboxylic acids is 1. The van der Waals surface area contributed by atoms with E-state index in [4.69, 9.17) is 5.26 Å². The van der Waals surface area contributed by atoms with Crippen LogP contribution in [0.4, 0.5) is 0 Å². The highest BCUT2D eigenvalue weighted by molar-refractivity contribution is 7.99. The molecular formula is C13H16N2OS. The number of nitrogens with zero attached hydrogens (tertiary/aromatic N) is 1. The molecule has 4 heteroatoms. The number of rotatable bonds is 7. The second-order valence-electron chi connectivity index (χ2n) is 3.58. The number of thioether (sulfide) groups is 1. The van der Waals surface area contributed by atoms with E-state index in [1.54, 1.807) is 11.8 Å². The number of hydrogen-bond acceptors (Lipinski definition) is 3. The van der Waals surface area contributed by atoms with Crippen molar-refractivity contribution in [3.05, 3.63) is 35.9 Å². The molecule has 0 heterocycles. The minimum absolute atomic E-state index is 0.0517. The minimum Gasteiger partial charge on any atom is -0.351 e. The lowest BCUT2D eigenvalue weighted by Crippen LogP contribution is -2.24. The maximum atomic E-state index is 11.5. The molecule has 0 spiro atoms. The molecule has 0 aliphatic carbocycles. The van der Waals surface area contributed by atoms with Crippen LogP contribution in [0.5, 0.6) is 0 Å². The van der Waals surface area contributed by atoms with Gasteiger partial charge in [0.05, 0.1) is 11.8 Å². The predicted molar refractivity (Wildman–Crippen MR) is 70.5 cm³/mol. The molecule has 1 amide bonds. The molecule has 0 unspecified atom stereocenters. The second-order valence-corrected chi connectivity index (χ2v) is 4.68. The van der Waals surface area contributed by atoms with E-state index in [9.17, 15) is 4.79 Å². The average Bonchev–Trinajstić information content (AvgIpc) is 2.37. The number of amides is 1. The zero-order valence-electron chi connectivity index (χ0n) is 9.69. The molecule has 1 aromatic carbocycles. The molecule has 3 nitrogen and oxygen atoms in total. The van der Waals surface area contributed by atoms with Crippen molar-refractivity contribution >= 4 is 17.7 Å². The number of hydrogen-bond donors (Lipinski definition) is 1. The maximum absolute atomic E-state index is 11.5. The molecule has 0 radical (unpaired) electrons. The molecule has 0 aliphatic heterocycles. The molecule has 1 rings (SSSR count). The van der Waals surface area contributed by atoms with Gasteiger partial charge in [0, 0.05) is 13.0 Å². The van der Waals surface area contributed by atoms with E-state index < -0.39 is 0 Å². The van der Waals surface area contributed by atoms with Gasteiger partial charge in [-0.15, -0.1) is 0 Å². The van der Waals surface area contributed by atoms with Crippen molar-refractivity contribution in [2.45, 2.75) is 19.4 Å². The Morgan fingerprint density at radius 1 is 1.35 bits per heavy atom. The lowest BCUT2D eigenvalue weighted by molar-refractivity contribution is -0.118. The Labute approximate surface area is 106 Å². The monoisotopic (exact) mass is 248 g/mol. The van der Waals surface area contributed by atoms with Crippen LogP contribution >= 0.6 is 11.8 Å². The zero-order valence-corrected chi connectivity index (χ0v) is 10.5. The first kappa shape index (κ1) is 13.6. The summed E-state index contributed by atoms with van der Waals surface area (Å²) in [7, 11) is 0. The van der Waals surface area contributed by atoms with Crippen LogP contribution in [0.25, 0.3) is 0 Å². The summed E-state index contributed by atoms with van der Waals surface area (Å²) < 4.78 is 0. The largest absolute Gasteiger partial charge is 0.351 e. The van der Waals surface area contributed by atoms with E-state index in [1.807, 2.05) is 30.3 Å². The molecule has 1 aromatic rings. The van der Waals surface area contributed by atoms with Gasteiger partial charge in [-0.05, 0) is 17.7 Å². The average molecular weight is 248 g/mol. The van der Waals surface area contributed by atoms with Gasteiger partial charge in [0.15, 0.2) is 0 Å². The summed E-state index contributed by atoms with van der Waals surface area (Å²) in [5.74, 6) is 1.39. The Morgan fingerprint density at radius 2 is 2.12 bits per heavy atom. The zero-order chi connectivity index (χ0) is 12.3. The topological polar surface area (TPSA) is 52.9 Å². The van der Waals surface area contributed by atoms with Crippen LogP contribution in [0.2, 0.25) is 0 Å². The third-order valence-electron chi connectivity index (χ3n) is 2.14. The second kappa shape index (κ2) is 8.66. The normalized spacial score (nSPS) is 9.59. The van der Waals surface area contributed by atoms with Crippen molar-refractivity contribution in [2.75, 3.05) is 11.5 Å². The van der Waals surface area contributed by atoms with Crippen LogP contribution in [-0.2, 0) is 11.3 Å². The summed E-state index contributed by atoms with van der Waals surface area (Å²) in [6.07, 6.45) is 1.42. The molecule has 0 atom stereocenters. The van der Waals surface area contributed by atoms with E-state index in [0.717, 1.165) is 17.7 Å². The van der Waals surface area contributed by atoms with Gasteiger partial charge in [-0.1, -0.05) is 30.3 Å². The van der Waals surface area contributed by atoms with Gasteiger partial charge in [0.1, 0.15) is 0 Å². The first-order chi connectivity index (χ1) is 8.33. The van der Waals surface area contributed by atoms with Crippen molar-refractivity contribution in [3.8, 4) is 6.07 Å². The standard InChI is InChI=1S/C13H16N2OS/c14-8-4-5-9-17-11-13(16)15-10-12-6-2-1-3-7-12/h1-3,6-7H,4-5,9-11H2,(H,15,16). The smallest absolute Gasteiger partial charge is 0.230 e. The molecule has 17 heavy (non-hydrogen) atoms. The predicted octanol–water partition coefficient (Wildman–Crippen LogP) is 2.34. The van der Waals surface area contributed by atoms with Crippen LogP contribution in [-0.4, -0.2) is 17.4 Å². The first-order valence-corrected chi connectivity index (χ1v) is 6.73. The van der Waals surface area contributed by atoms with E-state index >= 15 is 0 Å². The van der Waals surface area contributed by atoms with Crippen molar-refractivity contribution < 1.29 is 4.79 Å². The number of nitriles is 1. The van der Waals surface area contributed by atoms with Gasteiger partial charge in [0.25, 0.3) is 0 Å². The fourth-order valence-electron chi connectivity index (χ4n) is 1.27. The fraction of sp³-hybridized carbons (Fsp3) is 0.385. The van der Waals surface area contributed by atoms with Gasteiger partial charge in [-0.3, -0.25) is 4.79 Å². The molecule has 0 fully saturated rings. The summed E-state index contributed by atoms with van der Waals surface area (Å²) in [4.78, 5) is 11.5. The highest BCUT2D eigenvalue weighted by Crippen LogP contribution is 2.04. The van der Waals surface area contributed by atoms with E-state index in [1.165, 1.54) is 0 Å². The first-order valence-electron chi connectivity index (χ1n) is 5.58. The molecule has 90 valence electrons. The summed E-state index contributed by atoms with van der Waals surface area (Å²) in [5.41, 5.74) is 1.11. The quantitative estimate of drug-likeness (QED) is 0.753. The SMILES string of the molecule is N#CCCCSCC(=O)NCc1ccccc1. The molecule has 0 saturated heterocycles. The van der Waals surface area contributed by atoms with Gasteiger partial charge in [-0.2, -0.15) is 17.0 Å². The fourth-order valence-corrected chi connectivity index (χ4v) is 2.05. The maximum Gasteiger partial charge on any atom is 0.230 e. The van der Waals surface area contributed by atoms with Gasteiger partial charge >= 0.3 is 0 Å². The lowest BCUT2D eigenvalue weighted by atomic mass is 10.2. The number of unbranched alkanes of at least 4 members (excludes halogenated alkanes) is 1. The van der Waals surface area contributed by atoms with E-state index in [-0.39, 0.29) is 5.91 Å². The summed E-state index contributed by atoms with van der Waals surface area (Å²) >= 11 is 1.57. The molecule has 1 N–H and O–H groups in total. The van der Waals surface area contributed by atoms with Crippen molar-refractivity contribution in [1.82, 2.24) is 5.32 Å². The van der Waals surface area contributed by atoms with Crippen LogP contribution in [0.15, 0.2) is 30.3 Å². The van der Waals surface area contributed by atoms with Gasteiger partial charge in [-0.25, -0.2) is 0 Å². The van der Waals surface area contributed by atoms with Crippen molar-refractivity contribution in [3.63, 3.8) is 0 Å². The Balaban J connectivity index is 2.08. The Hall–Kier alpha value is -1.47. The Bertz CT molecular complexity index is 373. The van der Waals surface area contributed by atoms with Crippen LogP contribution < -0.4 is 5.32 Å². The number of carbonyl (C=O) groups is 1. The molecule has 0 aliphatic rings. The van der Waals surface area contributed by atoms with Crippen LogP contribution in [0, 0.1) is 11.3 Å². The summed E-state index contributed by atoms with van der Waals surface area (Å²) in [5, 5.41) is 11.2. The lowest BCUT2D eigenvalue weighted by Gasteiger charge is -2.04. The summed E-state index contributed by atoms with van der Waals surface area (Å²) in [6, 6.07) is 11.9. The van der Waals surface area contributed by atoms with Gasteiger partial charge < -0.3 is 5.32 Å². The Morgan fingerprint density at radius 3 is 2.82 bits per heavy atom.